The normalized spacial score (nSPS) is 14.7. The van der Waals surface area contributed by atoms with Gasteiger partial charge in [0.2, 0.25) is 5.91 Å². The van der Waals surface area contributed by atoms with Gasteiger partial charge in [-0.05, 0) is 31.9 Å². The summed E-state index contributed by atoms with van der Waals surface area (Å²) in [6.07, 6.45) is 1.88. The zero-order valence-corrected chi connectivity index (χ0v) is 13.3. The first-order valence-corrected chi connectivity index (χ1v) is 7.36. The van der Waals surface area contributed by atoms with Gasteiger partial charge in [-0.25, -0.2) is 0 Å². The van der Waals surface area contributed by atoms with Gasteiger partial charge in [0, 0.05) is 31.8 Å². The molecule has 0 unspecified atom stereocenters. The van der Waals surface area contributed by atoms with E-state index in [4.69, 9.17) is 0 Å². The van der Waals surface area contributed by atoms with Crippen LogP contribution in [0.4, 0.5) is 11.4 Å². The van der Waals surface area contributed by atoms with E-state index in [1.54, 1.807) is 21.0 Å². The summed E-state index contributed by atoms with van der Waals surface area (Å²) in [7, 11) is 3.22. The minimum atomic E-state index is -0.616. The zero-order valence-electron chi connectivity index (χ0n) is 13.3. The number of nitrogens with one attached hydrogen (secondary N) is 2. The van der Waals surface area contributed by atoms with Gasteiger partial charge < -0.3 is 15.5 Å². The Morgan fingerprint density at radius 3 is 2.52 bits per heavy atom. The van der Waals surface area contributed by atoms with Crippen molar-refractivity contribution in [1.82, 2.24) is 10.2 Å². The van der Waals surface area contributed by atoms with Gasteiger partial charge in [0.1, 0.15) is 11.7 Å². The van der Waals surface area contributed by atoms with Crippen LogP contribution in [0.1, 0.15) is 30.1 Å². The number of likely N-dealkylation sites (N-methyl/N-ethyl adjacent to an activating group) is 1. The van der Waals surface area contributed by atoms with Gasteiger partial charge in [0.05, 0.1) is 4.92 Å². The van der Waals surface area contributed by atoms with Crippen LogP contribution < -0.4 is 10.6 Å². The number of anilines is 1. The lowest BCUT2D eigenvalue weighted by Crippen LogP contribution is -2.36. The van der Waals surface area contributed by atoms with Crippen LogP contribution in [-0.2, 0) is 4.79 Å². The number of rotatable bonds is 6. The predicted octanol–water partition coefficient (Wildman–Crippen LogP) is 1.38. The van der Waals surface area contributed by atoms with Crippen molar-refractivity contribution in [3.8, 4) is 0 Å². The summed E-state index contributed by atoms with van der Waals surface area (Å²) in [5.41, 5.74) is 0.216. The summed E-state index contributed by atoms with van der Waals surface area (Å²) in [6, 6.07) is 3.76. The third-order valence-electron chi connectivity index (χ3n) is 3.55. The lowest BCUT2D eigenvalue weighted by molar-refractivity contribution is -0.384. The Hall–Kier alpha value is -2.64. The van der Waals surface area contributed by atoms with Crippen LogP contribution >= 0.6 is 0 Å². The minimum absolute atomic E-state index is 0.178. The third kappa shape index (κ3) is 4.18. The average molecular weight is 320 g/mol. The van der Waals surface area contributed by atoms with E-state index in [9.17, 15) is 19.7 Å². The van der Waals surface area contributed by atoms with Gasteiger partial charge in [-0.3, -0.25) is 19.7 Å². The Kier molecular flexibility index (Phi) is 4.83. The first-order valence-electron chi connectivity index (χ1n) is 7.36. The lowest BCUT2D eigenvalue weighted by Gasteiger charge is -2.19. The van der Waals surface area contributed by atoms with Crippen LogP contribution in [0.15, 0.2) is 18.2 Å². The van der Waals surface area contributed by atoms with Crippen LogP contribution in [0.2, 0.25) is 0 Å². The second kappa shape index (κ2) is 6.64. The van der Waals surface area contributed by atoms with Crippen LogP contribution in [0.5, 0.6) is 0 Å². The lowest BCUT2D eigenvalue weighted by atomic mass is 10.1. The fourth-order valence-corrected chi connectivity index (χ4v) is 2.12. The highest BCUT2D eigenvalue weighted by molar-refractivity contribution is 5.96. The third-order valence-corrected chi connectivity index (χ3v) is 3.55. The van der Waals surface area contributed by atoms with Gasteiger partial charge in [0.25, 0.3) is 11.6 Å². The van der Waals surface area contributed by atoms with E-state index in [2.05, 4.69) is 10.6 Å². The quantitative estimate of drug-likeness (QED) is 0.608. The van der Waals surface area contributed by atoms with E-state index in [0.717, 1.165) is 12.8 Å². The Morgan fingerprint density at radius 2 is 2.00 bits per heavy atom. The van der Waals surface area contributed by atoms with Crippen molar-refractivity contribution >= 4 is 23.2 Å². The molecular weight excluding hydrogens is 300 g/mol. The number of hydrogen-bond donors (Lipinski definition) is 2. The number of nitrogens with zero attached hydrogens (tertiary/aromatic N) is 2. The molecule has 1 aromatic carbocycles. The summed E-state index contributed by atoms with van der Waals surface area (Å²) in [4.78, 5) is 35.9. The SMILES string of the molecule is C[C@H](Nc1ccc(C(=O)NC2CC2)cc1[N+](=O)[O-])C(=O)N(C)C. The molecule has 8 nitrogen and oxygen atoms in total. The van der Waals surface area contributed by atoms with Gasteiger partial charge in [0.15, 0.2) is 0 Å². The van der Waals surface area contributed by atoms with Crippen molar-refractivity contribution < 1.29 is 14.5 Å². The molecule has 1 atom stereocenters. The number of nitro groups is 1. The number of hydrogen-bond acceptors (Lipinski definition) is 5. The van der Waals surface area contributed by atoms with E-state index in [-0.39, 0.29) is 34.8 Å². The molecule has 0 heterocycles. The molecule has 124 valence electrons. The van der Waals surface area contributed by atoms with Crippen molar-refractivity contribution in [3.63, 3.8) is 0 Å². The van der Waals surface area contributed by atoms with E-state index in [1.165, 1.54) is 23.1 Å². The Bertz CT molecular complexity index is 640. The van der Waals surface area contributed by atoms with Gasteiger partial charge in [-0.2, -0.15) is 0 Å². The summed E-state index contributed by atoms with van der Waals surface area (Å²) in [6.45, 7) is 1.62. The number of nitro benzene ring substituents is 1. The molecule has 0 saturated heterocycles. The monoisotopic (exact) mass is 320 g/mol. The summed E-state index contributed by atoms with van der Waals surface area (Å²) in [5.74, 6) is -0.519. The topological polar surface area (TPSA) is 105 Å². The maximum Gasteiger partial charge on any atom is 0.293 e. The summed E-state index contributed by atoms with van der Waals surface area (Å²) < 4.78 is 0. The standard InChI is InChI=1S/C15H20N4O4/c1-9(15(21)18(2)3)16-12-7-4-10(8-13(12)19(22)23)14(20)17-11-5-6-11/h4,7-9,11,16H,5-6H2,1-3H3,(H,17,20)/t9-/m0/s1. The largest absolute Gasteiger partial charge is 0.368 e. The van der Waals surface area contributed by atoms with Crippen molar-refractivity contribution in [2.24, 2.45) is 0 Å². The van der Waals surface area contributed by atoms with E-state index >= 15 is 0 Å². The molecule has 0 radical (unpaired) electrons. The molecule has 2 amide bonds. The second-order valence-electron chi connectivity index (χ2n) is 5.84. The molecule has 2 N–H and O–H groups in total. The predicted molar refractivity (Wildman–Crippen MR) is 85.4 cm³/mol. The fourth-order valence-electron chi connectivity index (χ4n) is 2.12. The van der Waals surface area contributed by atoms with Crippen molar-refractivity contribution in [2.45, 2.75) is 31.8 Å². The number of benzene rings is 1. The van der Waals surface area contributed by atoms with Crippen LogP contribution in [0.3, 0.4) is 0 Å². The molecule has 1 fully saturated rings. The molecule has 0 aromatic heterocycles. The first kappa shape index (κ1) is 16.7. The smallest absolute Gasteiger partial charge is 0.293 e. The summed E-state index contributed by atoms with van der Waals surface area (Å²) in [5, 5.41) is 16.9. The molecule has 2 rings (SSSR count). The number of amides is 2. The fraction of sp³-hybridized carbons (Fsp3) is 0.467. The molecule has 0 bridgehead atoms. The van der Waals surface area contributed by atoms with Gasteiger partial charge in [-0.1, -0.05) is 0 Å². The molecule has 1 aromatic rings. The molecule has 8 heteroatoms. The minimum Gasteiger partial charge on any atom is -0.368 e. The van der Waals surface area contributed by atoms with E-state index in [1.807, 2.05) is 0 Å². The maximum absolute atomic E-state index is 12.0. The van der Waals surface area contributed by atoms with Gasteiger partial charge in [-0.15, -0.1) is 0 Å². The van der Waals surface area contributed by atoms with Crippen LogP contribution in [0.25, 0.3) is 0 Å². The molecular formula is C15H20N4O4. The molecule has 1 aliphatic carbocycles. The molecule has 1 aliphatic rings. The average Bonchev–Trinajstić information content (AvgIpc) is 3.30. The first-order chi connectivity index (χ1) is 10.8. The highest BCUT2D eigenvalue weighted by Crippen LogP contribution is 2.27. The van der Waals surface area contributed by atoms with E-state index in [0.29, 0.717) is 0 Å². The van der Waals surface area contributed by atoms with Crippen LogP contribution in [-0.4, -0.2) is 47.8 Å². The number of carbonyl (C=O) groups is 2. The Morgan fingerprint density at radius 1 is 1.35 bits per heavy atom. The highest BCUT2D eigenvalue weighted by atomic mass is 16.6. The Labute approximate surface area is 134 Å². The molecule has 0 spiro atoms. The maximum atomic E-state index is 12.0. The zero-order chi connectivity index (χ0) is 17.1. The summed E-state index contributed by atoms with van der Waals surface area (Å²) >= 11 is 0. The number of carbonyl (C=O) groups excluding carboxylic acids is 2. The van der Waals surface area contributed by atoms with Gasteiger partial charge >= 0.3 is 0 Å². The molecule has 23 heavy (non-hydrogen) atoms. The Balaban J connectivity index is 2.20. The van der Waals surface area contributed by atoms with Crippen molar-refractivity contribution in [3.05, 3.63) is 33.9 Å². The molecule has 0 aliphatic heterocycles. The van der Waals surface area contributed by atoms with Crippen LogP contribution in [0, 0.1) is 10.1 Å². The molecule has 1 saturated carbocycles. The second-order valence-corrected chi connectivity index (χ2v) is 5.84. The highest BCUT2D eigenvalue weighted by Gasteiger charge is 2.26. The van der Waals surface area contributed by atoms with Crippen molar-refractivity contribution in [2.75, 3.05) is 19.4 Å². The van der Waals surface area contributed by atoms with Crippen molar-refractivity contribution in [1.29, 1.82) is 0 Å². The van der Waals surface area contributed by atoms with E-state index < -0.39 is 11.0 Å².